The van der Waals surface area contributed by atoms with Gasteiger partial charge in [0.15, 0.2) is 6.61 Å². The van der Waals surface area contributed by atoms with Crippen LogP contribution in [0.2, 0.25) is 5.02 Å². The van der Waals surface area contributed by atoms with Crippen molar-refractivity contribution in [2.45, 2.75) is 24.1 Å². The average molecular weight is 347 g/mol. The first-order chi connectivity index (χ1) is 9.13. The lowest BCUT2D eigenvalue weighted by atomic mass is 10.1. The molecule has 2 rings (SSSR count). The number of hydrogen-bond donors (Lipinski definition) is 1. The number of rotatable bonds is 5. The third kappa shape index (κ3) is 5.03. The highest BCUT2D eigenvalue weighted by atomic mass is 79.9. The molecule has 5 heteroatoms. The largest absolute Gasteiger partial charge is 0.484 e. The van der Waals surface area contributed by atoms with Crippen molar-refractivity contribution >= 4 is 33.4 Å². The summed E-state index contributed by atoms with van der Waals surface area (Å²) >= 11 is 9.37. The average Bonchev–Trinajstić information content (AvgIpc) is 2.81. The summed E-state index contributed by atoms with van der Waals surface area (Å²) in [5.74, 6) is 1.16. The summed E-state index contributed by atoms with van der Waals surface area (Å²) in [4.78, 5) is 12.3. The number of hydrogen-bond acceptors (Lipinski definition) is 2. The van der Waals surface area contributed by atoms with E-state index in [0.29, 0.717) is 21.5 Å². The second kappa shape index (κ2) is 7.15. The minimum atomic E-state index is -0.0760. The molecule has 1 fully saturated rings. The molecule has 1 amide bonds. The molecule has 1 saturated carbocycles. The molecule has 0 radical (unpaired) electrons. The van der Waals surface area contributed by atoms with Crippen molar-refractivity contribution in [2.75, 3.05) is 13.2 Å². The summed E-state index contributed by atoms with van der Waals surface area (Å²) in [5, 5.41) is 3.57. The van der Waals surface area contributed by atoms with Crippen LogP contribution in [0.1, 0.15) is 19.3 Å². The molecule has 0 spiro atoms. The van der Waals surface area contributed by atoms with E-state index in [4.69, 9.17) is 16.3 Å². The van der Waals surface area contributed by atoms with E-state index in [9.17, 15) is 4.79 Å². The maximum atomic E-state index is 11.6. The van der Waals surface area contributed by atoms with Crippen molar-refractivity contribution in [3.05, 3.63) is 29.3 Å². The smallest absolute Gasteiger partial charge is 0.257 e. The predicted octanol–water partition coefficient (Wildman–Crippen LogP) is 3.40. The molecular formula is C14H17BrClNO2. The van der Waals surface area contributed by atoms with Crippen LogP contribution in [-0.2, 0) is 4.79 Å². The normalized spacial score (nSPS) is 22.2. The summed E-state index contributed by atoms with van der Waals surface area (Å²) in [6, 6.07) is 6.98. The van der Waals surface area contributed by atoms with Crippen LogP contribution >= 0.6 is 27.5 Å². The Morgan fingerprint density at radius 2 is 2.11 bits per heavy atom. The summed E-state index contributed by atoms with van der Waals surface area (Å²) < 4.78 is 5.38. The van der Waals surface area contributed by atoms with Gasteiger partial charge in [0.1, 0.15) is 5.75 Å². The number of amides is 1. The number of nitrogens with one attached hydrogen (secondary N) is 1. The van der Waals surface area contributed by atoms with E-state index in [1.807, 2.05) is 0 Å². The van der Waals surface area contributed by atoms with Crippen molar-refractivity contribution < 1.29 is 9.53 Å². The van der Waals surface area contributed by atoms with Crippen LogP contribution in [0.15, 0.2) is 24.3 Å². The van der Waals surface area contributed by atoms with Gasteiger partial charge in [0.25, 0.3) is 5.91 Å². The fraction of sp³-hybridized carbons (Fsp3) is 0.500. The Labute approximate surface area is 126 Å². The molecule has 1 aliphatic rings. The van der Waals surface area contributed by atoms with Crippen molar-refractivity contribution in [3.63, 3.8) is 0 Å². The minimum absolute atomic E-state index is 0.0477. The fourth-order valence-electron chi connectivity index (χ4n) is 2.19. The number of alkyl halides is 1. The van der Waals surface area contributed by atoms with Crippen LogP contribution in [0.4, 0.5) is 0 Å². The first-order valence-corrected chi connectivity index (χ1v) is 7.72. The third-order valence-electron chi connectivity index (χ3n) is 3.25. The Balaban J connectivity index is 1.65. The number of carbonyl (C=O) groups excluding carboxylic acids is 1. The summed E-state index contributed by atoms with van der Waals surface area (Å²) in [7, 11) is 0. The monoisotopic (exact) mass is 345 g/mol. The molecular weight excluding hydrogens is 330 g/mol. The standard InChI is InChI=1S/C14H17BrClNO2/c15-11-2-1-10(7-11)8-17-14(18)9-19-13-5-3-12(16)4-6-13/h3-6,10-11H,1-2,7-9H2,(H,17,18). The Morgan fingerprint density at radius 3 is 2.74 bits per heavy atom. The molecule has 0 bridgehead atoms. The first kappa shape index (κ1) is 14.7. The Hall–Kier alpha value is -0.740. The molecule has 0 aromatic heterocycles. The lowest BCUT2D eigenvalue weighted by Crippen LogP contribution is -2.32. The third-order valence-corrected chi connectivity index (χ3v) is 4.33. The molecule has 0 aliphatic heterocycles. The van der Waals surface area contributed by atoms with Crippen molar-refractivity contribution in [2.24, 2.45) is 5.92 Å². The molecule has 0 saturated heterocycles. The molecule has 1 aromatic rings. The van der Waals surface area contributed by atoms with Gasteiger partial charge in [0.05, 0.1) is 0 Å². The summed E-state index contributed by atoms with van der Waals surface area (Å²) in [5.41, 5.74) is 0. The molecule has 104 valence electrons. The van der Waals surface area contributed by atoms with Crippen LogP contribution in [0, 0.1) is 5.92 Å². The fourth-order valence-corrected chi connectivity index (χ4v) is 3.11. The lowest BCUT2D eigenvalue weighted by Gasteiger charge is -2.11. The highest BCUT2D eigenvalue weighted by molar-refractivity contribution is 9.09. The zero-order chi connectivity index (χ0) is 13.7. The Kier molecular flexibility index (Phi) is 5.52. The highest BCUT2D eigenvalue weighted by Gasteiger charge is 2.22. The van der Waals surface area contributed by atoms with E-state index in [2.05, 4.69) is 21.2 Å². The maximum absolute atomic E-state index is 11.6. The number of benzene rings is 1. The molecule has 0 heterocycles. The zero-order valence-corrected chi connectivity index (χ0v) is 12.9. The molecule has 2 unspecified atom stereocenters. The van der Waals surface area contributed by atoms with Crippen molar-refractivity contribution in [1.82, 2.24) is 5.32 Å². The van der Waals surface area contributed by atoms with Gasteiger partial charge in [-0.05, 0) is 49.4 Å². The van der Waals surface area contributed by atoms with Crippen molar-refractivity contribution in [1.29, 1.82) is 0 Å². The predicted molar refractivity (Wildman–Crippen MR) is 80.0 cm³/mol. The molecule has 19 heavy (non-hydrogen) atoms. The van der Waals surface area contributed by atoms with Crippen LogP contribution < -0.4 is 10.1 Å². The van der Waals surface area contributed by atoms with E-state index in [-0.39, 0.29) is 12.5 Å². The van der Waals surface area contributed by atoms with Crippen LogP contribution in [0.25, 0.3) is 0 Å². The van der Waals surface area contributed by atoms with Gasteiger partial charge in [0.2, 0.25) is 0 Å². The van der Waals surface area contributed by atoms with Gasteiger partial charge in [-0.1, -0.05) is 27.5 Å². The van der Waals surface area contributed by atoms with Crippen molar-refractivity contribution in [3.8, 4) is 5.75 Å². The molecule has 1 aliphatic carbocycles. The molecule has 1 aromatic carbocycles. The van der Waals surface area contributed by atoms with E-state index in [0.717, 1.165) is 13.0 Å². The van der Waals surface area contributed by atoms with Crippen LogP contribution in [0.5, 0.6) is 5.75 Å². The second-order valence-corrected chi connectivity index (χ2v) is 6.55. The Bertz CT molecular complexity index is 424. The first-order valence-electron chi connectivity index (χ1n) is 6.42. The van der Waals surface area contributed by atoms with Gasteiger partial charge in [-0.2, -0.15) is 0 Å². The SMILES string of the molecule is O=C(COc1ccc(Cl)cc1)NCC1CCC(Br)C1. The summed E-state index contributed by atoms with van der Waals surface area (Å²) in [6.07, 6.45) is 3.51. The lowest BCUT2D eigenvalue weighted by molar-refractivity contribution is -0.123. The number of ether oxygens (including phenoxy) is 1. The molecule has 2 atom stereocenters. The van der Waals surface area contributed by atoms with E-state index in [1.165, 1.54) is 12.8 Å². The van der Waals surface area contributed by atoms with Gasteiger partial charge in [0, 0.05) is 16.4 Å². The van der Waals surface area contributed by atoms with Gasteiger partial charge >= 0.3 is 0 Å². The summed E-state index contributed by atoms with van der Waals surface area (Å²) in [6.45, 7) is 0.789. The van der Waals surface area contributed by atoms with E-state index >= 15 is 0 Å². The highest BCUT2D eigenvalue weighted by Crippen LogP contribution is 2.29. The van der Waals surface area contributed by atoms with Gasteiger partial charge in [-0.3, -0.25) is 4.79 Å². The van der Waals surface area contributed by atoms with Gasteiger partial charge in [-0.25, -0.2) is 0 Å². The van der Waals surface area contributed by atoms with E-state index in [1.54, 1.807) is 24.3 Å². The van der Waals surface area contributed by atoms with Gasteiger partial charge in [-0.15, -0.1) is 0 Å². The van der Waals surface area contributed by atoms with Gasteiger partial charge < -0.3 is 10.1 Å². The van der Waals surface area contributed by atoms with Crippen LogP contribution in [-0.4, -0.2) is 23.9 Å². The van der Waals surface area contributed by atoms with Crippen LogP contribution in [0.3, 0.4) is 0 Å². The number of carbonyl (C=O) groups is 1. The molecule has 3 nitrogen and oxygen atoms in total. The second-order valence-electron chi connectivity index (χ2n) is 4.82. The van der Waals surface area contributed by atoms with E-state index < -0.39 is 0 Å². The number of halogens is 2. The Morgan fingerprint density at radius 1 is 1.37 bits per heavy atom. The molecule has 1 N–H and O–H groups in total. The zero-order valence-electron chi connectivity index (χ0n) is 10.6. The topological polar surface area (TPSA) is 38.3 Å². The maximum Gasteiger partial charge on any atom is 0.257 e. The quantitative estimate of drug-likeness (QED) is 0.830. The minimum Gasteiger partial charge on any atom is -0.484 e.